The number of sulfonamides is 1. The Morgan fingerprint density at radius 3 is 2.70 bits per heavy atom. The topological polar surface area (TPSA) is 89.7 Å². The quantitative estimate of drug-likeness (QED) is 0.871. The number of hydrogen-bond donors (Lipinski definition) is 1. The van der Waals surface area contributed by atoms with Gasteiger partial charge in [0.2, 0.25) is 10.0 Å². The van der Waals surface area contributed by atoms with E-state index in [1.54, 1.807) is 7.11 Å². The van der Waals surface area contributed by atoms with Crippen LogP contribution in [0.3, 0.4) is 0 Å². The second-order valence-corrected chi connectivity index (χ2v) is 6.18. The summed E-state index contributed by atoms with van der Waals surface area (Å²) in [6.45, 7) is 0.884. The van der Waals surface area contributed by atoms with Crippen LogP contribution >= 0.6 is 0 Å². The highest BCUT2D eigenvalue weighted by Crippen LogP contribution is 2.19. The lowest BCUT2D eigenvalue weighted by Crippen LogP contribution is -2.30. The van der Waals surface area contributed by atoms with Crippen molar-refractivity contribution in [1.82, 2.24) is 4.90 Å². The highest BCUT2D eigenvalue weighted by atomic mass is 32.2. The van der Waals surface area contributed by atoms with E-state index in [9.17, 15) is 17.6 Å². The van der Waals surface area contributed by atoms with Crippen molar-refractivity contribution in [2.24, 2.45) is 5.14 Å². The highest BCUT2D eigenvalue weighted by Gasteiger charge is 2.27. The van der Waals surface area contributed by atoms with Crippen LogP contribution in [-0.4, -0.2) is 45.5 Å². The molecule has 0 bridgehead atoms. The van der Waals surface area contributed by atoms with E-state index in [1.165, 1.54) is 4.90 Å². The monoisotopic (exact) mass is 302 g/mol. The van der Waals surface area contributed by atoms with E-state index < -0.39 is 26.6 Å². The van der Waals surface area contributed by atoms with Gasteiger partial charge in [-0.25, -0.2) is 17.9 Å². The SMILES string of the molecule is COC1CCN(C(=O)c2cc(F)cc(S(N)(=O)=O)c2)C1. The summed E-state index contributed by atoms with van der Waals surface area (Å²) < 4.78 is 41.1. The average molecular weight is 302 g/mol. The lowest BCUT2D eigenvalue weighted by molar-refractivity contribution is 0.0723. The first-order valence-electron chi connectivity index (χ1n) is 5.96. The van der Waals surface area contributed by atoms with Gasteiger partial charge in [-0.15, -0.1) is 0 Å². The molecule has 2 N–H and O–H groups in total. The summed E-state index contributed by atoms with van der Waals surface area (Å²) in [7, 11) is -2.50. The molecule has 0 aromatic heterocycles. The summed E-state index contributed by atoms with van der Waals surface area (Å²) in [5, 5.41) is 4.95. The van der Waals surface area contributed by atoms with Crippen LogP contribution in [0.25, 0.3) is 0 Å². The molecule has 1 aromatic carbocycles. The molecule has 0 spiro atoms. The van der Waals surface area contributed by atoms with Gasteiger partial charge in [0.05, 0.1) is 11.0 Å². The van der Waals surface area contributed by atoms with Crippen molar-refractivity contribution >= 4 is 15.9 Å². The molecule has 1 aromatic rings. The molecule has 1 heterocycles. The second kappa shape index (κ2) is 5.47. The molecule has 1 amide bonds. The van der Waals surface area contributed by atoms with Gasteiger partial charge in [0.25, 0.3) is 5.91 Å². The van der Waals surface area contributed by atoms with E-state index in [0.29, 0.717) is 19.5 Å². The zero-order chi connectivity index (χ0) is 14.9. The summed E-state index contributed by atoms with van der Waals surface area (Å²) in [6.07, 6.45) is 0.643. The van der Waals surface area contributed by atoms with Crippen LogP contribution in [0.5, 0.6) is 0 Å². The molecular formula is C12H15FN2O4S. The molecule has 1 aliphatic heterocycles. The standard InChI is InChI=1S/C12H15FN2O4S/c1-19-10-2-3-15(7-10)12(16)8-4-9(13)6-11(5-8)20(14,17)18/h4-6,10H,2-3,7H2,1H3,(H2,14,17,18). The number of rotatable bonds is 3. The molecule has 110 valence electrons. The van der Waals surface area contributed by atoms with Gasteiger partial charge in [0, 0.05) is 25.8 Å². The average Bonchev–Trinajstić information content (AvgIpc) is 2.84. The number of nitrogens with two attached hydrogens (primary N) is 1. The first kappa shape index (κ1) is 14.9. The Morgan fingerprint density at radius 1 is 1.45 bits per heavy atom. The van der Waals surface area contributed by atoms with E-state index in [1.807, 2.05) is 0 Å². The normalized spacial score (nSPS) is 19.4. The third-order valence-corrected chi connectivity index (χ3v) is 4.11. The lowest BCUT2D eigenvalue weighted by atomic mass is 10.2. The van der Waals surface area contributed by atoms with Crippen molar-refractivity contribution in [2.75, 3.05) is 20.2 Å². The maximum atomic E-state index is 13.4. The van der Waals surface area contributed by atoms with E-state index in [2.05, 4.69) is 0 Å². The third kappa shape index (κ3) is 3.14. The van der Waals surface area contributed by atoms with Gasteiger partial charge in [0.15, 0.2) is 0 Å². The van der Waals surface area contributed by atoms with Crippen LogP contribution in [0.15, 0.2) is 23.1 Å². The van der Waals surface area contributed by atoms with Crippen LogP contribution < -0.4 is 5.14 Å². The molecule has 20 heavy (non-hydrogen) atoms. The molecule has 8 heteroatoms. The lowest BCUT2D eigenvalue weighted by Gasteiger charge is -2.16. The van der Waals surface area contributed by atoms with Gasteiger partial charge >= 0.3 is 0 Å². The smallest absolute Gasteiger partial charge is 0.254 e. The van der Waals surface area contributed by atoms with Crippen LogP contribution in [0, 0.1) is 5.82 Å². The fourth-order valence-electron chi connectivity index (χ4n) is 2.14. The van der Waals surface area contributed by atoms with Crippen LogP contribution in [0.2, 0.25) is 0 Å². The van der Waals surface area contributed by atoms with Gasteiger partial charge < -0.3 is 9.64 Å². The van der Waals surface area contributed by atoms with E-state index in [0.717, 1.165) is 18.2 Å². The molecule has 0 aliphatic carbocycles. The van der Waals surface area contributed by atoms with Crippen molar-refractivity contribution in [1.29, 1.82) is 0 Å². The number of likely N-dealkylation sites (tertiary alicyclic amines) is 1. The Morgan fingerprint density at radius 2 is 2.15 bits per heavy atom. The molecule has 1 atom stereocenters. The van der Waals surface area contributed by atoms with Crippen molar-refractivity contribution in [3.05, 3.63) is 29.6 Å². The maximum absolute atomic E-state index is 13.4. The summed E-state index contributed by atoms with van der Waals surface area (Å²) in [4.78, 5) is 13.3. The predicted octanol–water partition coefficient (Wildman–Crippen LogP) is 0.334. The number of ether oxygens (including phenoxy) is 1. The molecule has 0 radical (unpaired) electrons. The molecule has 2 rings (SSSR count). The fraction of sp³-hybridized carbons (Fsp3) is 0.417. The van der Waals surface area contributed by atoms with Crippen LogP contribution in [-0.2, 0) is 14.8 Å². The van der Waals surface area contributed by atoms with Gasteiger partial charge in [-0.1, -0.05) is 0 Å². The molecule has 6 nitrogen and oxygen atoms in total. The van der Waals surface area contributed by atoms with Crippen molar-refractivity contribution in [3.8, 4) is 0 Å². The van der Waals surface area contributed by atoms with Gasteiger partial charge in [0.1, 0.15) is 5.82 Å². The first-order chi connectivity index (χ1) is 9.31. The minimum Gasteiger partial charge on any atom is -0.380 e. The fourth-order valence-corrected chi connectivity index (χ4v) is 2.71. The van der Waals surface area contributed by atoms with E-state index >= 15 is 0 Å². The minimum absolute atomic E-state index is 0.0363. The number of hydrogen-bond acceptors (Lipinski definition) is 4. The number of halogens is 1. The van der Waals surface area contributed by atoms with Gasteiger partial charge in [-0.2, -0.15) is 0 Å². The number of primary sulfonamides is 1. The van der Waals surface area contributed by atoms with Crippen molar-refractivity contribution < 1.29 is 22.3 Å². The zero-order valence-electron chi connectivity index (χ0n) is 10.9. The van der Waals surface area contributed by atoms with E-state index in [-0.39, 0.29) is 11.7 Å². The number of nitrogens with zero attached hydrogens (tertiary/aromatic N) is 1. The van der Waals surface area contributed by atoms with Crippen molar-refractivity contribution in [2.45, 2.75) is 17.4 Å². The van der Waals surface area contributed by atoms with Crippen molar-refractivity contribution in [3.63, 3.8) is 0 Å². The molecule has 1 saturated heterocycles. The molecule has 0 saturated carbocycles. The largest absolute Gasteiger partial charge is 0.380 e. The second-order valence-electron chi connectivity index (χ2n) is 4.62. The predicted molar refractivity (Wildman–Crippen MR) is 69.1 cm³/mol. The molecular weight excluding hydrogens is 287 g/mol. The number of methoxy groups -OCH3 is 1. The minimum atomic E-state index is -4.06. The van der Waals surface area contributed by atoms with Gasteiger partial charge in [-0.3, -0.25) is 4.79 Å². The maximum Gasteiger partial charge on any atom is 0.254 e. The molecule has 1 unspecified atom stereocenters. The highest BCUT2D eigenvalue weighted by molar-refractivity contribution is 7.89. The summed E-state index contributed by atoms with van der Waals surface area (Å²) >= 11 is 0. The number of carbonyl (C=O) groups is 1. The van der Waals surface area contributed by atoms with Crippen LogP contribution in [0.4, 0.5) is 4.39 Å². The number of amides is 1. The Labute approximate surface area is 116 Å². The Bertz CT molecular complexity index is 632. The summed E-state index contributed by atoms with van der Waals surface area (Å²) in [5.74, 6) is -1.25. The Kier molecular flexibility index (Phi) is 4.07. The zero-order valence-corrected chi connectivity index (χ0v) is 11.7. The summed E-state index contributed by atoms with van der Waals surface area (Å²) in [5.41, 5.74) is -0.0363. The molecule has 1 fully saturated rings. The number of carbonyl (C=O) groups excluding carboxylic acids is 1. The Balaban J connectivity index is 2.29. The van der Waals surface area contributed by atoms with Gasteiger partial charge in [-0.05, 0) is 24.6 Å². The number of benzene rings is 1. The third-order valence-electron chi connectivity index (χ3n) is 3.21. The molecule has 1 aliphatic rings. The van der Waals surface area contributed by atoms with Crippen LogP contribution in [0.1, 0.15) is 16.8 Å². The Hall–Kier alpha value is -1.51. The first-order valence-corrected chi connectivity index (χ1v) is 7.51. The van der Waals surface area contributed by atoms with E-state index in [4.69, 9.17) is 9.88 Å². The summed E-state index contributed by atoms with van der Waals surface area (Å²) in [6, 6.07) is 2.87.